The predicted octanol–water partition coefficient (Wildman–Crippen LogP) is 1.77. The zero-order valence-corrected chi connectivity index (χ0v) is 10.8. The molecule has 0 fully saturated rings. The number of nitrogens with zero attached hydrogens (tertiary/aromatic N) is 2. The highest BCUT2D eigenvalue weighted by Gasteiger charge is 2.13. The summed E-state index contributed by atoms with van der Waals surface area (Å²) in [5, 5.41) is 0. The van der Waals surface area contributed by atoms with Gasteiger partial charge in [0.1, 0.15) is 0 Å². The average Bonchev–Trinajstić information content (AvgIpc) is 2.83. The van der Waals surface area contributed by atoms with Gasteiger partial charge in [-0.05, 0) is 31.2 Å². The van der Waals surface area contributed by atoms with Crippen LogP contribution in [0.2, 0.25) is 0 Å². The van der Waals surface area contributed by atoms with Gasteiger partial charge in [-0.1, -0.05) is 0 Å². The molecule has 0 aliphatic rings. The van der Waals surface area contributed by atoms with E-state index in [-0.39, 0.29) is 12.4 Å². The topological polar surface area (TPSA) is 61.2 Å². The normalized spacial score (nSPS) is 10.2. The molecule has 0 aliphatic carbocycles. The number of esters is 1. The molecule has 0 spiro atoms. The van der Waals surface area contributed by atoms with E-state index in [0.717, 1.165) is 5.69 Å². The molecule has 2 rings (SSSR count). The van der Waals surface area contributed by atoms with Crippen molar-refractivity contribution in [3.8, 4) is 0 Å². The average molecular weight is 258 g/mol. The van der Waals surface area contributed by atoms with E-state index in [1.54, 1.807) is 42.1 Å². The fourth-order valence-corrected chi connectivity index (χ4v) is 1.63. The Morgan fingerprint density at radius 2 is 2.11 bits per heavy atom. The van der Waals surface area contributed by atoms with Crippen molar-refractivity contribution < 1.29 is 14.3 Å². The van der Waals surface area contributed by atoms with Crippen molar-refractivity contribution >= 4 is 11.8 Å². The molecule has 0 bridgehead atoms. The van der Waals surface area contributed by atoms with Crippen molar-refractivity contribution in [2.75, 3.05) is 6.61 Å². The molecule has 2 aromatic rings. The summed E-state index contributed by atoms with van der Waals surface area (Å²) in [7, 11) is 1.76. The molecule has 19 heavy (non-hydrogen) atoms. The van der Waals surface area contributed by atoms with Crippen molar-refractivity contribution in [2.45, 2.75) is 6.92 Å². The highest BCUT2D eigenvalue weighted by Crippen LogP contribution is 2.04. The maximum Gasteiger partial charge on any atom is 0.340 e. The third-order valence-electron chi connectivity index (χ3n) is 2.71. The standard InChI is InChI=1S/C14H14N2O3/c1-10-5-6-11(8-15-10)14(18)19-9-13(17)12-4-3-7-16(12)2/h3-8H,9H2,1-2H3. The summed E-state index contributed by atoms with van der Waals surface area (Å²) in [5.74, 6) is -0.781. The Hall–Kier alpha value is -2.43. The molecule has 0 aromatic carbocycles. The lowest BCUT2D eigenvalue weighted by Crippen LogP contribution is -2.16. The molecule has 2 aromatic heterocycles. The first-order valence-electron chi connectivity index (χ1n) is 5.82. The lowest BCUT2D eigenvalue weighted by molar-refractivity contribution is 0.0472. The molecule has 2 heterocycles. The van der Waals surface area contributed by atoms with Crippen LogP contribution in [0, 0.1) is 6.92 Å². The Bertz CT molecular complexity index is 599. The van der Waals surface area contributed by atoms with Crippen molar-refractivity contribution in [3.05, 3.63) is 53.6 Å². The van der Waals surface area contributed by atoms with Gasteiger partial charge in [-0.25, -0.2) is 4.79 Å². The molecule has 0 N–H and O–H groups in total. The van der Waals surface area contributed by atoms with Crippen LogP contribution in [0.3, 0.4) is 0 Å². The molecule has 0 saturated heterocycles. The molecule has 5 heteroatoms. The molecular weight excluding hydrogens is 244 g/mol. The summed E-state index contributed by atoms with van der Waals surface area (Å²) in [6.07, 6.45) is 3.20. The van der Waals surface area contributed by atoms with Gasteiger partial charge in [0.05, 0.1) is 11.3 Å². The number of carbonyl (C=O) groups is 2. The first-order valence-corrected chi connectivity index (χ1v) is 5.82. The van der Waals surface area contributed by atoms with Gasteiger partial charge in [-0.15, -0.1) is 0 Å². The number of aryl methyl sites for hydroxylation is 2. The monoisotopic (exact) mass is 258 g/mol. The SMILES string of the molecule is Cc1ccc(C(=O)OCC(=O)c2cccn2C)cn1. The molecule has 0 unspecified atom stereocenters. The maximum absolute atomic E-state index is 11.8. The third kappa shape index (κ3) is 3.07. The predicted molar refractivity (Wildman–Crippen MR) is 69.0 cm³/mol. The molecule has 0 amide bonds. The number of ether oxygens (including phenoxy) is 1. The van der Waals surface area contributed by atoms with E-state index >= 15 is 0 Å². The zero-order valence-electron chi connectivity index (χ0n) is 10.8. The van der Waals surface area contributed by atoms with Crippen LogP contribution >= 0.6 is 0 Å². The molecule has 0 atom stereocenters. The number of ketones is 1. The Labute approximate surface area is 110 Å². The number of carbonyl (C=O) groups excluding carboxylic acids is 2. The largest absolute Gasteiger partial charge is 0.454 e. The molecule has 5 nitrogen and oxygen atoms in total. The van der Waals surface area contributed by atoms with Crippen LogP contribution in [0.5, 0.6) is 0 Å². The minimum absolute atomic E-state index is 0.235. The summed E-state index contributed by atoms with van der Waals surface area (Å²) >= 11 is 0. The van der Waals surface area contributed by atoms with E-state index in [1.165, 1.54) is 6.20 Å². The van der Waals surface area contributed by atoms with E-state index in [1.807, 2.05) is 6.92 Å². The van der Waals surface area contributed by atoms with Crippen LogP contribution in [0.25, 0.3) is 0 Å². The Morgan fingerprint density at radius 3 is 2.68 bits per heavy atom. The third-order valence-corrected chi connectivity index (χ3v) is 2.71. The molecule has 0 radical (unpaired) electrons. The van der Waals surface area contributed by atoms with Gasteiger partial charge in [-0.2, -0.15) is 0 Å². The van der Waals surface area contributed by atoms with Crippen LogP contribution < -0.4 is 0 Å². The number of Topliss-reactive ketones (excluding diaryl/α,β-unsaturated/α-hetero) is 1. The Morgan fingerprint density at radius 1 is 1.32 bits per heavy atom. The summed E-state index contributed by atoms with van der Waals surface area (Å²) in [6, 6.07) is 6.79. The van der Waals surface area contributed by atoms with Crippen LogP contribution in [-0.4, -0.2) is 27.9 Å². The maximum atomic E-state index is 11.8. The van der Waals surface area contributed by atoms with Crippen molar-refractivity contribution in [1.29, 1.82) is 0 Å². The number of aromatic nitrogens is 2. The Kier molecular flexibility index (Phi) is 3.75. The number of rotatable bonds is 4. The lowest BCUT2D eigenvalue weighted by Gasteiger charge is -2.05. The van der Waals surface area contributed by atoms with Gasteiger partial charge in [0, 0.05) is 25.1 Å². The van der Waals surface area contributed by atoms with Gasteiger partial charge in [0.15, 0.2) is 6.61 Å². The summed E-state index contributed by atoms with van der Waals surface area (Å²) in [4.78, 5) is 27.5. The minimum atomic E-state index is -0.546. The highest BCUT2D eigenvalue weighted by atomic mass is 16.5. The van der Waals surface area contributed by atoms with Crippen LogP contribution in [0.1, 0.15) is 26.5 Å². The van der Waals surface area contributed by atoms with E-state index < -0.39 is 5.97 Å². The second-order valence-electron chi connectivity index (χ2n) is 4.19. The fraction of sp³-hybridized carbons (Fsp3) is 0.214. The number of hydrogen-bond donors (Lipinski definition) is 0. The second-order valence-corrected chi connectivity index (χ2v) is 4.19. The van der Waals surface area contributed by atoms with Crippen molar-refractivity contribution in [2.24, 2.45) is 7.05 Å². The molecule has 98 valence electrons. The van der Waals surface area contributed by atoms with Crippen molar-refractivity contribution in [1.82, 2.24) is 9.55 Å². The van der Waals surface area contributed by atoms with Crippen LogP contribution in [0.15, 0.2) is 36.7 Å². The highest BCUT2D eigenvalue weighted by molar-refractivity contribution is 5.98. The van der Waals surface area contributed by atoms with Gasteiger partial charge >= 0.3 is 5.97 Å². The fourth-order valence-electron chi connectivity index (χ4n) is 1.63. The van der Waals surface area contributed by atoms with Crippen LogP contribution in [0.4, 0.5) is 0 Å². The smallest absolute Gasteiger partial charge is 0.340 e. The number of hydrogen-bond acceptors (Lipinski definition) is 4. The molecular formula is C14H14N2O3. The van der Waals surface area contributed by atoms with E-state index in [2.05, 4.69) is 4.98 Å². The van der Waals surface area contributed by atoms with Crippen molar-refractivity contribution in [3.63, 3.8) is 0 Å². The first-order chi connectivity index (χ1) is 9.08. The number of pyridine rings is 1. The molecule has 0 saturated carbocycles. The summed E-state index contributed by atoms with van der Waals surface area (Å²) in [5.41, 5.74) is 1.66. The summed E-state index contributed by atoms with van der Waals surface area (Å²) in [6.45, 7) is 1.55. The first kappa shape index (κ1) is 13.0. The quantitative estimate of drug-likeness (QED) is 0.619. The lowest BCUT2D eigenvalue weighted by atomic mass is 10.2. The van der Waals surface area contributed by atoms with Gasteiger partial charge in [0.25, 0.3) is 0 Å². The van der Waals surface area contributed by atoms with E-state index in [4.69, 9.17) is 4.74 Å². The van der Waals surface area contributed by atoms with Gasteiger partial charge in [-0.3, -0.25) is 9.78 Å². The summed E-state index contributed by atoms with van der Waals surface area (Å²) < 4.78 is 6.65. The van der Waals surface area contributed by atoms with E-state index in [9.17, 15) is 9.59 Å². The van der Waals surface area contributed by atoms with Gasteiger partial charge in [0.2, 0.25) is 5.78 Å². The van der Waals surface area contributed by atoms with Crippen LogP contribution in [-0.2, 0) is 11.8 Å². The minimum Gasteiger partial charge on any atom is -0.454 e. The second kappa shape index (κ2) is 5.48. The molecule has 0 aliphatic heterocycles. The van der Waals surface area contributed by atoms with Gasteiger partial charge < -0.3 is 9.30 Å². The Balaban J connectivity index is 1.96. The van der Waals surface area contributed by atoms with E-state index in [0.29, 0.717) is 11.3 Å². The zero-order chi connectivity index (χ0) is 13.8.